The summed E-state index contributed by atoms with van der Waals surface area (Å²) < 4.78 is 10.7. The number of carbonyl (C=O) groups excluding carboxylic acids is 1. The predicted molar refractivity (Wildman–Crippen MR) is 111 cm³/mol. The minimum atomic E-state index is -0.784. The molecular formula is C24H29NO4. The molecule has 1 N–H and O–H groups in total. The van der Waals surface area contributed by atoms with Crippen LogP contribution >= 0.6 is 0 Å². The maximum atomic E-state index is 13.2. The molecule has 0 spiro atoms. The van der Waals surface area contributed by atoms with Gasteiger partial charge in [-0.15, -0.1) is 0 Å². The van der Waals surface area contributed by atoms with E-state index in [0.29, 0.717) is 23.1 Å². The fourth-order valence-electron chi connectivity index (χ4n) is 4.41. The molecular weight excluding hydrogens is 366 g/mol. The van der Waals surface area contributed by atoms with Crippen LogP contribution in [0.25, 0.3) is 0 Å². The van der Waals surface area contributed by atoms with Crippen LogP contribution in [-0.2, 0) is 0 Å². The van der Waals surface area contributed by atoms with E-state index in [-0.39, 0.29) is 18.7 Å². The van der Waals surface area contributed by atoms with Crippen molar-refractivity contribution in [3.05, 3.63) is 59.2 Å². The third-order valence-electron chi connectivity index (χ3n) is 5.94. The van der Waals surface area contributed by atoms with E-state index in [9.17, 15) is 9.90 Å². The van der Waals surface area contributed by atoms with Gasteiger partial charge in [-0.25, -0.2) is 0 Å². The molecule has 0 radical (unpaired) electrons. The third kappa shape index (κ3) is 4.10. The Morgan fingerprint density at radius 1 is 0.966 bits per heavy atom. The van der Waals surface area contributed by atoms with Crippen LogP contribution in [0, 0.1) is 0 Å². The first kappa shape index (κ1) is 19.8. The Labute approximate surface area is 172 Å². The maximum absolute atomic E-state index is 13.2. The lowest BCUT2D eigenvalue weighted by atomic mass is 9.92. The second-order valence-electron chi connectivity index (χ2n) is 8.24. The van der Waals surface area contributed by atoms with Gasteiger partial charge in [-0.05, 0) is 62.1 Å². The van der Waals surface area contributed by atoms with Gasteiger partial charge in [0.15, 0.2) is 11.5 Å². The molecule has 1 aliphatic carbocycles. The molecule has 1 fully saturated rings. The normalized spacial score (nSPS) is 17.4. The van der Waals surface area contributed by atoms with Gasteiger partial charge in [0.05, 0.1) is 0 Å². The van der Waals surface area contributed by atoms with Gasteiger partial charge in [0.1, 0.15) is 6.10 Å². The molecule has 2 aromatic rings. The van der Waals surface area contributed by atoms with E-state index in [0.717, 1.165) is 24.0 Å². The summed E-state index contributed by atoms with van der Waals surface area (Å²) >= 11 is 0. The maximum Gasteiger partial charge on any atom is 0.254 e. The second-order valence-corrected chi connectivity index (χ2v) is 8.24. The molecule has 29 heavy (non-hydrogen) atoms. The van der Waals surface area contributed by atoms with Crippen molar-refractivity contribution < 1.29 is 19.4 Å². The molecule has 1 atom stereocenters. The average molecular weight is 395 g/mol. The van der Waals surface area contributed by atoms with Gasteiger partial charge >= 0.3 is 0 Å². The summed E-state index contributed by atoms with van der Waals surface area (Å²) in [5.41, 5.74) is 2.15. The molecule has 0 aromatic heterocycles. The monoisotopic (exact) mass is 395 g/mol. The van der Waals surface area contributed by atoms with E-state index >= 15 is 0 Å². The van der Waals surface area contributed by atoms with E-state index in [1.165, 1.54) is 19.3 Å². The van der Waals surface area contributed by atoms with Crippen LogP contribution in [0.5, 0.6) is 11.5 Å². The Bertz CT molecular complexity index is 856. The van der Waals surface area contributed by atoms with Gasteiger partial charge in [-0.2, -0.15) is 0 Å². The van der Waals surface area contributed by atoms with E-state index in [1.807, 2.05) is 41.3 Å². The predicted octanol–water partition coefficient (Wildman–Crippen LogP) is 4.68. The van der Waals surface area contributed by atoms with Crippen LogP contribution < -0.4 is 9.47 Å². The topological polar surface area (TPSA) is 59.0 Å². The van der Waals surface area contributed by atoms with Gasteiger partial charge in [0.25, 0.3) is 5.91 Å². The van der Waals surface area contributed by atoms with Crippen LogP contribution in [0.3, 0.4) is 0 Å². The van der Waals surface area contributed by atoms with Gasteiger partial charge in [0, 0.05) is 17.6 Å². The molecule has 1 aliphatic heterocycles. The van der Waals surface area contributed by atoms with E-state index in [1.54, 1.807) is 6.07 Å². The van der Waals surface area contributed by atoms with Crippen molar-refractivity contribution in [2.45, 2.75) is 64.1 Å². The highest BCUT2D eigenvalue weighted by atomic mass is 16.7. The molecule has 154 valence electrons. The highest BCUT2D eigenvalue weighted by Gasteiger charge is 2.28. The summed E-state index contributed by atoms with van der Waals surface area (Å²) in [4.78, 5) is 15.2. The number of nitrogens with zero attached hydrogens (tertiary/aromatic N) is 1. The van der Waals surface area contributed by atoms with Crippen molar-refractivity contribution in [2.24, 2.45) is 0 Å². The number of amides is 1. The molecule has 0 bridgehead atoms. The van der Waals surface area contributed by atoms with E-state index in [2.05, 4.69) is 13.8 Å². The van der Waals surface area contributed by atoms with Crippen LogP contribution in [0.15, 0.2) is 42.5 Å². The number of hydrogen-bond donors (Lipinski definition) is 1. The van der Waals surface area contributed by atoms with Gasteiger partial charge < -0.3 is 19.5 Å². The number of aliphatic hydroxyl groups excluding tert-OH is 1. The van der Waals surface area contributed by atoms with Crippen molar-refractivity contribution >= 4 is 5.91 Å². The Morgan fingerprint density at radius 2 is 1.62 bits per heavy atom. The summed E-state index contributed by atoms with van der Waals surface area (Å²) in [6.45, 7) is 4.38. The number of benzene rings is 2. The fourth-order valence-corrected chi connectivity index (χ4v) is 4.41. The van der Waals surface area contributed by atoms with Crippen LogP contribution in [0.4, 0.5) is 0 Å². The zero-order valence-corrected chi connectivity index (χ0v) is 17.1. The summed E-state index contributed by atoms with van der Waals surface area (Å²) in [7, 11) is 0. The minimum Gasteiger partial charge on any atom is -0.454 e. The summed E-state index contributed by atoms with van der Waals surface area (Å²) in [6.07, 6.45) is 5.05. The second kappa shape index (κ2) is 8.46. The number of carbonyl (C=O) groups is 1. The quantitative estimate of drug-likeness (QED) is 0.799. The molecule has 2 aromatic carbocycles. The van der Waals surface area contributed by atoms with Gasteiger partial charge in [0.2, 0.25) is 6.79 Å². The highest BCUT2D eigenvalue weighted by Crippen LogP contribution is 2.35. The Hall–Kier alpha value is -2.53. The zero-order valence-electron chi connectivity index (χ0n) is 17.1. The fraction of sp³-hybridized carbons (Fsp3) is 0.458. The first-order chi connectivity index (χ1) is 14.0. The Balaban J connectivity index is 1.51. The number of aliphatic hydroxyl groups is 1. The molecule has 0 saturated heterocycles. The van der Waals surface area contributed by atoms with Crippen molar-refractivity contribution in [1.29, 1.82) is 0 Å². The number of hydrogen-bond acceptors (Lipinski definition) is 4. The summed E-state index contributed by atoms with van der Waals surface area (Å²) in [6, 6.07) is 13.3. The van der Waals surface area contributed by atoms with Gasteiger partial charge in [-0.1, -0.05) is 37.5 Å². The zero-order chi connectivity index (χ0) is 20.4. The highest BCUT2D eigenvalue weighted by molar-refractivity contribution is 5.94. The number of ether oxygens (including phenoxy) is 2. The van der Waals surface area contributed by atoms with Crippen LogP contribution in [-0.4, -0.2) is 34.8 Å². The van der Waals surface area contributed by atoms with Crippen molar-refractivity contribution in [1.82, 2.24) is 4.90 Å². The van der Waals surface area contributed by atoms with E-state index < -0.39 is 6.10 Å². The summed E-state index contributed by atoms with van der Waals surface area (Å²) in [5, 5.41) is 10.8. The van der Waals surface area contributed by atoms with Crippen molar-refractivity contribution in [3.63, 3.8) is 0 Å². The minimum absolute atomic E-state index is 0.0796. The van der Waals surface area contributed by atoms with Crippen molar-refractivity contribution in [2.75, 3.05) is 6.79 Å². The number of fused-ring (bicyclic) bond motifs is 1. The van der Waals surface area contributed by atoms with Crippen LogP contribution in [0.2, 0.25) is 0 Å². The first-order valence-corrected chi connectivity index (χ1v) is 10.5. The standard InChI is InChI=1S/C24H29NO4/c1-16(2)25(20-6-4-3-5-7-20)24(27)18-10-8-17(9-11-18)23(26)19-12-13-21-22(14-19)29-15-28-21/h8-14,16,20,23,26H,3-7,15H2,1-2H3. The molecule has 5 heteroatoms. The molecule has 1 saturated carbocycles. The third-order valence-corrected chi connectivity index (χ3v) is 5.94. The Kier molecular flexibility index (Phi) is 5.76. The lowest BCUT2D eigenvalue weighted by Crippen LogP contribution is -2.45. The number of rotatable bonds is 5. The first-order valence-electron chi connectivity index (χ1n) is 10.5. The molecule has 5 nitrogen and oxygen atoms in total. The lowest BCUT2D eigenvalue weighted by molar-refractivity contribution is 0.0555. The lowest BCUT2D eigenvalue weighted by Gasteiger charge is -2.37. The van der Waals surface area contributed by atoms with Crippen LogP contribution in [0.1, 0.15) is 73.5 Å². The Morgan fingerprint density at radius 3 is 2.31 bits per heavy atom. The SMILES string of the molecule is CC(C)N(C(=O)c1ccc(C(O)c2ccc3c(c2)OCO3)cc1)C1CCCCC1. The average Bonchev–Trinajstić information content (AvgIpc) is 3.22. The molecule has 1 unspecified atom stereocenters. The van der Waals surface area contributed by atoms with E-state index in [4.69, 9.17) is 9.47 Å². The molecule has 1 amide bonds. The molecule has 2 aliphatic rings. The molecule has 4 rings (SSSR count). The summed E-state index contributed by atoms with van der Waals surface area (Å²) in [5.74, 6) is 1.42. The smallest absolute Gasteiger partial charge is 0.254 e. The molecule has 1 heterocycles. The van der Waals surface area contributed by atoms with Crippen molar-refractivity contribution in [3.8, 4) is 11.5 Å². The van der Waals surface area contributed by atoms with Gasteiger partial charge in [-0.3, -0.25) is 4.79 Å². The largest absolute Gasteiger partial charge is 0.454 e.